The molecule has 0 saturated carbocycles. The number of anilines is 1. The largest absolute Gasteiger partial charge is 0.311 e. The molecule has 4 nitrogen and oxygen atoms in total. The Hall–Kier alpha value is -2.10. The van der Waals surface area contributed by atoms with E-state index < -0.39 is 0 Å². The quantitative estimate of drug-likeness (QED) is 0.913. The summed E-state index contributed by atoms with van der Waals surface area (Å²) in [6, 6.07) is 10.4. The first kappa shape index (κ1) is 16.3. The number of rotatable bonds is 5. The van der Waals surface area contributed by atoms with Crippen LogP contribution in [0.4, 0.5) is 5.82 Å². The fraction of sp³-hybridized carbons (Fsp3) is 0.444. The standard InChI is InChI=1S/C18H25N3O/c1-5-21-16(12-13-19-21)20-17(22)11-8-14-6-9-15(10-7-14)18(2,3)4/h6-7,9-10,12-13H,5,8,11H2,1-4H3,(H,20,22). The maximum absolute atomic E-state index is 12.0. The first-order valence-corrected chi connectivity index (χ1v) is 7.81. The molecule has 2 rings (SSSR count). The van der Waals surface area contributed by atoms with Gasteiger partial charge in [0, 0.05) is 19.0 Å². The van der Waals surface area contributed by atoms with Gasteiger partial charge in [0.15, 0.2) is 0 Å². The van der Waals surface area contributed by atoms with E-state index in [4.69, 9.17) is 0 Å². The average Bonchev–Trinajstić information content (AvgIpc) is 2.92. The zero-order valence-corrected chi connectivity index (χ0v) is 13.9. The van der Waals surface area contributed by atoms with Crippen LogP contribution in [0.3, 0.4) is 0 Å². The van der Waals surface area contributed by atoms with Crippen molar-refractivity contribution < 1.29 is 4.79 Å². The second kappa shape index (κ2) is 6.77. The molecule has 1 N–H and O–H groups in total. The van der Waals surface area contributed by atoms with Gasteiger partial charge >= 0.3 is 0 Å². The topological polar surface area (TPSA) is 46.9 Å². The zero-order chi connectivity index (χ0) is 16.2. The molecule has 22 heavy (non-hydrogen) atoms. The lowest BCUT2D eigenvalue weighted by Crippen LogP contribution is -2.16. The highest BCUT2D eigenvalue weighted by atomic mass is 16.1. The van der Waals surface area contributed by atoms with Crippen LogP contribution in [0.5, 0.6) is 0 Å². The SMILES string of the molecule is CCn1nccc1NC(=O)CCc1ccc(C(C)(C)C)cc1. The van der Waals surface area contributed by atoms with E-state index >= 15 is 0 Å². The van der Waals surface area contributed by atoms with Crippen LogP contribution in [0.15, 0.2) is 36.5 Å². The Labute approximate surface area is 132 Å². The third-order valence-corrected chi connectivity index (χ3v) is 3.74. The Morgan fingerprint density at radius 3 is 2.45 bits per heavy atom. The van der Waals surface area contributed by atoms with Crippen molar-refractivity contribution in [3.8, 4) is 0 Å². The Morgan fingerprint density at radius 1 is 1.18 bits per heavy atom. The van der Waals surface area contributed by atoms with E-state index in [1.165, 1.54) is 11.1 Å². The Kier molecular flexibility index (Phi) is 5.01. The number of hydrogen-bond acceptors (Lipinski definition) is 2. The minimum atomic E-state index is 0.0232. The minimum Gasteiger partial charge on any atom is -0.311 e. The molecule has 0 unspecified atom stereocenters. The van der Waals surface area contributed by atoms with Gasteiger partial charge in [0.1, 0.15) is 5.82 Å². The molecule has 1 amide bonds. The smallest absolute Gasteiger partial charge is 0.225 e. The Morgan fingerprint density at radius 2 is 1.86 bits per heavy atom. The number of benzene rings is 1. The molecule has 4 heteroatoms. The molecule has 0 fully saturated rings. The third-order valence-electron chi connectivity index (χ3n) is 3.74. The van der Waals surface area contributed by atoms with Crippen molar-refractivity contribution in [2.45, 2.75) is 52.5 Å². The molecule has 2 aromatic rings. The fourth-order valence-electron chi connectivity index (χ4n) is 2.33. The minimum absolute atomic E-state index is 0.0232. The molecule has 1 aromatic heterocycles. The van der Waals surface area contributed by atoms with Gasteiger partial charge in [-0.2, -0.15) is 5.10 Å². The van der Waals surface area contributed by atoms with Crippen molar-refractivity contribution >= 4 is 11.7 Å². The van der Waals surface area contributed by atoms with E-state index in [-0.39, 0.29) is 11.3 Å². The number of aromatic nitrogens is 2. The molecule has 0 saturated heterocycles. The van der Waals surface area contributed by atoms with Gasteiger partial charge in [-0.15, -0.1) is 0 Å². The summed E-state index contributed by atoms with van der Waals surface area (Å²) in [6.45, 7) is 9.35. The van der Waals surface area contributed by atoms with Gasteiger partial charge in [0.25, 0.3) is 0 Å². The zero-order valence-electron chi connectivity index (χ0n) is 13.9. The van der Waals surface area contributed by atoms with Gasteiger partial charge in [-0.25, -0.2) is 4.68 Å². The average molecular weight is 299 g/mol. The van der Waals surface area contributed by atoms with E-state index in [9.17, 15) is 4.79 Å². The number of aryl methyl sites for hydroxylation is 2. The van der Waals surface area contributed by atoms with Crippen molar-refractivity contribution in [2.24, 2.45) is 0 Å². The lowest BCUT2D eigenvalue weighted by Gasteiger charge is -2.19. The van der Waals surface area contributed by atoms with E-state index in [2.05, 4.69) is 55.5 Å². The first-order chi connectivity index (χ1) is 10.4. The number of amides is 1. The van der Waals surface area contributed by atoms with E-state index in [0.717, 1.165) is 18.8 Å². The number of carbonyl (C=O) groups is 1. The van der Waals surface area contributed by atoms with Gasteiger partial charge < -0.3 is 5.32 Å². The fourth-order valence-corrected chi connectivity index (χ4v) is 2.33. The van der Waals surface area contributed by atoms with Crippen molar-refractivity contribution in [1.82, 2.24) is 9.78 Å². The van der Waals surface area contributed by atoms with Crippen LogP contribution in [0.25, 0.3) is 0 Å². The maximum atomic E-state index is 12.0. The van der Waals surface area contributed by atoms with Crippen molar-refractivity contribution in [2.75, 3.05) is 5.32 Å². The van der Waals surface area contributed by atoms with E-state index in [1.807, 2.05) is 13.0 Å². The predicted octanol–water partition coefficient (Wildman–Crippen LogP) is 3.77. The summed E-state index contributed by atoms with van der Waals surface area (Å²) in [6.07, 6.45) is 2.92. The predicted molar refractivity (Wildman–Crippen MR) is 90.0 cm³/mol. The summed E-state index contributed by atoms with van der Waals surface area (Å²) >= 11 is 0. The second-order valence-corrected chi connectivity index (χ2v) is 6.53. The number of nitrogens with one attached hydrogen (secondary N) is 1. The van der Waals surface area contributed by atoms with Gasteiger partial charge in [-0.1, -0.05) is 45.0 Å². The first-order valence-electron chi connectivity index (χ1n) is 7.81. The number of carbonyl (C=O) groups excluding carboxylic acids is 1. The molecule has 0 aliphatic rings. The summed E-state index contributed by atoms with van der Waals surface area (Å²) in [5.74, 6) is 0.783. The summed E-state index contributed by atoms with van der Waals surface area (Å²) in [5, 5.41) is 7.05. The molecule has 0 bridgehead atoms. The number of hydrogen-bond donors (Lipinski definition) is 1. The van der Waals surface area contributed by atoms with Crippen LogP contribution in [-0.2, 0) is 23.2 Å². The molecular formula is C18H25N3O. The number of nitrogens with zero attached hydrogens (tertiary/aromatic N) is 2. The summed E-state index contributed by atoms with van der Waals surface area (Å²) in [7, 11) is 0. The summed E-state index contributed by atoms with van der Waals surface area (Å²) in [5.41, 5.74) is 2.66. The Bertz CT molecular complexity index is 621. The lowest BCUT2D eigenvalue weighted by atomic mass is 9.86. The summed E-state index contributed by atoms with van der Waals surface area (Å²) in [4.78, 5) is 12.0. The molecule has 0 aliphatic carbocycles. The van der Waals surface area contributed by atoms with E-state index in [1.54, 1.807) is 10.9 Å². The van der Waals surface area contributed by atoms with Crippen molar-refractivity contribution in [3.05, 3.63) is 47.7 Å². The highest BCUT2D eigenvalue weighted by Crippen LogP contribution is 2.22. The van der Waals surface area contributed by atoms with Crippen LogP contribution in [0, 0.1) is 0 Å². The highest BCUT2D eigenvalue weighted by Gasteiger charge is 2.13. The molecule has 0 spiro atoms. The molecule has 0 atom stereocenters. The molecule has 118 valence electrons. The highest BCUT2D eigenvalue weighted by molar-refractivity contribution is 5.89. The van der Waals surface area contributed by atoms with Crippen LogP contribution in [-0.4, -0.2) is 15.7 Å². The second-order valence-electron chi connectivity index (χ2n) is 6.53. The molecule has 1 aromatic carbocycles. The van der Waals surface area contributed by atoms with Crippen LogP contribution < -0.4 is 5.32 Å². The van der Waals surface area contributed by atoms with E-state index in [0.29, 0.717) is 6.42 Å². The molecule has 0 aliphatic heterocycles. The van der Waals surface area contributed by atoms with Gasteiger partial charge in [0.05, 0.1) is 6.20 Å². The van der Waals surface area contributed by atoms with Crippen molar-refractivity contribution in [1.29, 1.82) is 0 Å². The van der Waals surface area contributed by atoms with Crippen molar-refractivity contribution in [3.63, 3.8) is 0 Å². The van der Waals surface area contributed by atoms with Crippen LogP contribution >= 0.6 is 0 Å². The molecule has 0 radical (unpaired) electrons. The normalized spacial score (nSPS) is 11.5. The molecule has 1 heterocycles. The maximum Gasteiger partial charge on any atom is 0.225 e. The van der Waals surface area contributed by atoms with Gasteiger partial charge in [-0.05, 0) is 29.9 Å². The van der Waals surface area contributed by atoms with Gasteiger partial charge in [-0.3, -0.25) is 4.79 Å². The van der Waals surface area contributed by atoms with Gasteiger partial charge in [0.2, 0.25) is 5.91 Å². The lowest BCUT2D eigenvalue weighted by molar-refractivity contribution is -0.116. The van der Waals surface area contributed by atoms with Crippen LogP contribution in [0.2, 0.25) is 0 Å². The third kappa shape index (κ3) is 4.20. The van der Waals surface area contributed by atoms with Crippen LogP contribution in [0.1, 0.15) is 45.2 Å². The summed E-state index contributed by atoms with van der Waals surface area (Å²) < 4.78 is 1.77. The Balaban J connectivity index is 1.89. The molecular weight excluding hydrogens is 274 g/mol. The monoisotopic (exact) mass is 299 g/mol.